The lowest BCUT2D eigenvalue weighted by Crippen LogP contribution is -2.23. The number of pyridine rings is 1. The van der Waals surface area contributed by atoms with E-state index < -0.39 is 0 Å². The Labute approximate surface area is 113 Å². The van der Waals surface area contributed by atoms with Gasteiger partial charge in [-0.2, -0.15) is 0 Å². The molecule has 98 valence electrons. The molecule has 3 rings (SSSR count). The summed E-state index contributed by atoms with van der Waals surface area (Å²) in [5.74, 6) is 0. The number of rotatable bonds is 3. The van der Waals surface area contributed by atoms with Crippen LogP contribution < -0.4 is 11.1 Å². The molecular formula is C16H19N3. The molecule has 0 amide bonds. The molecule has 0 radical (unpaired) electrons. The van der Waals surface area contributed by atoms with Gasteiger partial charge in [0, 0.05) is 30.5 Å². The molecule has 1 aromatic carbocycles. The fourth-order valence-electron chi connectivity index (χ4n) is 2.86. The molecule has 0 fully saturated rings. The first-order chi connectivity index (χ1) is 9.25. The van der Waals surface area contributed by atoms with Gasteiger partial charge in [0.25, 0.3) is 0 Å². The molecule has 3 atom stereocenters. The molecule has 1 heterocycles. The van der Waals surface area contributed by atoms with Crippen LogP contribution in [0.25, 0.3) is 0 Å². The van der Waals surface area contributed by atoms with Gasteiger partial charge in [0.15, 0.2) is 0 Å². The fourth-order valence-corrected chi connectivity index (χ4v) is 2.86. The summed E-state index contributed by atoms with van der Waals surface area (Å²) >= 11 is 0. The highest BCUT2D eigenvalue weighted by Gasteiger charge is 2.28. The predicted octanol–water partition coefficient (Wildman–Crippen LogP) is 2.88. The molecule has 0 bridgehead atoms. The first-order valence-electron chi connectivity index (χ1n) is 6.76. The van der Waals surface area contributed by atoms with E-state index in [0.29, 0.717) is 6.04 Å². The molecule has 0 saturated heterocycles. The fraction of sp³-hybridized carbons (Fsp3) is 0.312. The minimum absolute atomic E-state index is 0.148. The second kappa shape index (κ2) is 5.11. The topological polar surface area (TPSA) is 50.9 Å². The zero-order valence-electron chi connectivity index (χ0n) is 11.1. The first-order valence-corrected chi connectivity index (χ1v) is 6.76. The van der Waals surface area contributed by atoms with Gasteiger partial charge in [-0.15, -0.1) is 0 Å². The lowest BCUT2D eigenvalue weighted by atomic mass is 10.1. The van der Waals surface area contributed by atoms with Crippen molar-refractivity contribution >= 4 is 0 Å². The predicted molar refractivity (Wildman–Crippen MR) is 76.5 cm³/mol. The number of hydrogen-bond donors (Lipinski definition) is 2. The van der Waals surface area contributed by atoms with Gasteiger partial charge in [0.05, 0.1) is 0 Å². The molecule has 3 heteroatoms. The summed E-state index contributed by atoms with van der Waals surface area (Å²) < 4.78 is 0. The lowest BCUT2D eigenvalue weighted by Gasteiger charge is -2.20. The number of nitrogens with two attached hydrogens (primary N) is 1. The van der Waals surface area contributed by atoms with Crippen LogP contribution in [0.15, 0.2) is 48.8 Å². The van der Waals surface area contributed by atoms with Crippen molar-refractivity contribution in [3.05, 3.63) is 65.5 Å². The molecule has 19 heavy (non-hydrogen) atoms. The number of hydrogen-bond acceptors (Lipinski definition) is 3. The molecule has 2 unspecified atom stereocenters. The highest BCUT2D eigenvalue weighted by molar-refractivity contribution is 5.37. The number of fused-ring (bicyclic) bond motifs is 1. The number of aromatic nitrogens is 1. The summed E-state index contributed by atoms with van der Waals surface area (Å²) in [4.78, 5) is 4.17. The second-order valence-corrected chi connectivity index (χ2v) is 5.20. The van der Waals surface area contributed by atoms with Gasteiger partial charge in [-0.25, -0.2) is 0 Å². The Hall–Kier alpha value is -1.71. The molecule has 1 aromatic heterocycles. The molecule has 3 nitrogen and oxygen atoms in total. The van der Waals surface area contributed by atoms with Crippen LogP contribution in [-0.4, -0.2) is 4.98 Å². The van der Waals surface area contributed by atoms with E-state index in [9.17, 15) is 0 Å². The highest BCUT2D eigenvalue weighted by atomic mass is 15.0. The Morgan fingerprint density at radius 1 is 1.21 bits per heavy atom. The van der Waals surface area contributed by atoms with Crippen molar-refractivity contribution in [2.24, 2.45) is 5.73 Å². The van der Waals surface area contributed by atoms with Gasteiger partial charge in [0.2, 0.25) is 0 Å². The summed E-state index contributed by atoms with van der Waals surface area (Å²) in [5, 5.41) is 3.66. The average molecular weight is 253 g/mol. The largest absolute Gasteiger partial charge is 0.324 e. The van der Waals surface area contributed by atoms with Gasteiger partial charge in [0.1, 0.15) is 0 Å². The van der Waals surface area contributed by atoms with Crippen molar-refractivity contribution in [2.45, 2.75) is 31.5 Å². The average Bonchev–Trinajstić information content (AvgIpc) is 2.77. The Morgan fingerprint density at radius 3 is 2.74 bits per heavy atom. The van der Waals surface area contributed by atoms with Crippen LogP contribution in [0.3, 0.4) is 0 Å². The van der Waals surface area contributed by atoms with E-state index in [1.165, 1.54) is 16.7 Å². The molecule has 1 aliphatic rings. The summed E-state index contributed by atoms with van der Waals surface area (Å²) in [6.45, 7) is 2.17. The SMILES string of the molecule is C[C@H](NC1CC(N)c2ccccc21)c1cccnc1. The monoisotopic (exact) mass is 253 g/mol. The van der Waals surface area contributed by atoms with E-state index in [-0.39, 0.29) is 12.1 Å². The van der Waals surface area contributed by atoms with Crippen molar-refractivity contribution in [1.29, 1.82) is 0 Å². The maximum atomic E-state index is 6.20. The van der Waals surface area contributed by atoms with Crippen LogP contribution in [0, 0.1) is 0 Å². The Morgan fingerprint density at radius 2 is 2.00 bits per heavy atom. The standard InChI is InChI=1S/C16H19N3/c1-11(12-5-4-8-18-10-12)19-16-9-15(17)13-6-2-3-7-14(13)16/h2-8,10-11,15-16,19H,9,17H2,1H3/t11-,15?,16?/m0/s1. The Balaban J connectivity index is 1.79. The van der Waals surface area contributed by atoms with E-state index in [4.69, 9.17) is 5.73 Å². The van der Waals surface area contributed by atoms with E-state index in [1.54, 1.807) is 6.20 Å². The molecular weight excluding hydrogens is 234 g/mol. The van der Waals surface area contributed by atoms with Crippen molar-refractivity contribution in [2.75, 3.05) is 0 Å². The van der Waals surface area contributed by atoms with Gasteiger partial charge in [-0.05, 0) is 36.1 Å². The summed E-state index contributed by atoms with van der Waals surface area (Å²) in [6, 6.07) is 13.3. The zero-order valence-corrected chi connectivity index (χ0v) is 11.1. The molecule has 0 spiro atoms. The van der Waals surface area contributed by atoms with Gasteiger partial charge in [-0.3, -0.25) is 4.98 Å². The normalized spacial score (nSPS) is 23.1. The number of nitrogens with one attached hydrogen (secondary N) is 1. The summed E-state index contributed by atoms with van der Waals surface area (Å²) in [7, 11) is 0. The van der Waals surface area contributed by atoms with Crippen molar-refractivity contribution < 1.29 is 0 Å². The maximum absolute atomic E-state index is 6.20. The summed E-state index contributed by atoms with van der Waals surface area (Å²) in [5.41, 5.74) is 10.0. The van der Waals surface area contributed by atoms with Gasteiger partial charge >= 0.3 is 0 Å². The van der Waals surface area contributed by atoms with Crippen LogP contribution in [0.4, 0.5) is 0 Å². The smallest absolute Gasteiger partial charge is 0.0347 e. The van der Waals surface area contributed by atoms with Crippen LogP contribution >= 0.6 is 0 Å². The quantitative estimate of drug-likeness (QED) is 0.884. The van der Waals surface area contributed by atoms with E-state index in [2.05, 4.69) is 47.6 Å². The van der Waals surface area contributed by atoms with Crippen LogP contribution in [0.2, 0.25) is 0 Å². The van der Waals surface area contributed by atoms with Gasteiger partial charge < -0.3 is 11.1 Å². The van der Waals surface area contributed by atoms with E-state index in [0.717, 1.165) is 6.42 Å². The van der Waals surface area contributed by atoms with Crippen molar-refractivity contribution in [1.82, 2.24) is 10.3 Å². The minimum atomic E-state index is 0.148. The minimum Gasteiger partial charge on any atom is -0.324 e. The molecule has 2 aromatic rings. The molecule has 3 N–H and O–H groups in total. The lowest BCUT2D eigenvalue weighted by molar-refractivity contribution is 0.445. The van der Waals surface area contributed by atoms with Crippen LogP contribution in [0.5, 0.6) is 0 Å². The molecule has 1 aliphatic carbocycles. The zero-order chi connectivity index (χ0) is 13.2. The maximum Gasteiger partial charge on any atom is 0.0347 e. The Kier molecular flexibility index (Phi) is 3.32. The highest BCUT2D eigenvalue weighted by Crippen LogP contribution is 2.38. The number of benzene rings is 1. The molecule has 0 aliphatic heterocycles. The van der Waals surface area contributed by atoms with Gasteiger partial charge in [-0.1, -0.05) is 30.3 Å². The van der Waals surface area contributed by atoms with E-state index >= 15 is 0 Å². The number of nitrogens with zero attached hydrogens (tertiary/aromatic N) is 1. The van der Waals surface area contributed by atoms with Crippen LogP contribution in [-0.2, 0) is 0 Å². The summed E-state index contributed by atoms with van der Waals surface area (Å²) in [6.07, 6.45) is 4.68. The van der Waals surface area contributed by atoms with Crippen molar-refractivity contribution in [3.8, 4) is 0 Å². The third-order valence-corrected chi connectivity index (χ3v) is 3.90. The van der Waals surface area contributed by atoms with Crippen LogP contribution in [0.1, 0.15) is 48.2 Å². The second-order valence-electron chi connectivity index (χ2n) is 5.20. The first kappa shape index (κ1) is 12.3. The third-order valence-electron chi connectivity index (χ3n) is 3.90. The van der Waals surface area contributed by atoms with E-state index in [1.807, 2.05) is 12.3 Å². The third kappa shape index (κ3) is 2.39. The Bertz CT molecular complexity index is 553. The van der Waals surface area contributed by atoms with Crippen molar-refractivity contribution in [3.63, 3.8) is 0 Å². The molecule has 0 saturated carbocycles.